The third-order valence-corrected chi connectivity index (χ3v) is 5.19. The van der Waals surface area contributed by atoms with E-state index in [1.807, 2.05) is 0 Å². The predicted octanol–water partition coefficient (Wildman–Crippen LogP) is 1.73. The summed E-state index contributed by atoms with van der Waals surface area (Å²) in [7, 11) is 2.56. The van der Waals surface area contributed by atoms with Crippen LogP contribution in [0.5, 0.6) is 0 Å². The van der Waals surface area contributed by atoms with Gasteiger partial charge in [-0.2, -0.15) is 0 Å². The van der Waals surface area contributed by atoms with Gasteiger partial charge in [0.2, 0.25) is 5.91 Å². The fourth-order valence-corrected chi connectivity index (χ4v) is 3.85. The number of ether oxygens (including phenoxy) is 2. The number of benzene rings is 1. The van der Waals surface area contributed by atoms with Gasteiger partial charge in [0.05, 0.1) is 19.8 Å². The molecule has 1 aromatic rings. The molecule has 3 rings (SSSR count). The molecule has 1 aliphatic heterocycles. The van der Waals surface area contributed by atoms with Crippen molar-refractivity contribution < 1.29 is 28.7 Å². The Morgan fingerprint density at radius 3 is 2.30 bits per heavy atom. The van der Waals surface area contributed by atoms with Crippen LogP contribution >= 0.6 is 0 Å². The number of amides is 1. The first-order valence-electron chi connectivity index (χ1n) is 8.70. The second-order valence-corrected chi connectivity index (χ2v) is 6.86. The molecule has 1 amide bonds. The van der Waals surface area contributed by atoms with Crippen molar-refractivity contribution in [2.24, 2.45) is 11.8 Å². The van der Waals surface area contributed by atoms with Gasteiger partial charge in [0.1, 0.15) is 5.92 Å². The number of methoxy groups -OCH3 is 2. The predicted molar refractivity (Wildman–Crippen MR) is 94.6 cm³/mol. The number of hydrogen-bond donors (Lipinski definition) is 1. The normalized spacial score (nSPS) is 24.8. The van der Waals surface area contributed by atoms with Crippen LogP contribution in [0.1, 0.15) is 41.6 Å². The lowest BCUT2D eigenvalue weighted by atomic mass is 9.70. The SMILES string of the molecule is COC(=O)c1ccc([C@@H]2CC(=O)NC3=C2C(=O)[C@@H](C(=O)OC)[C@@H](C)C3)cc1. The number of carbonyl (C=O) groups is 4. The standard InChI is InChI=1S/C20H21NO6/c1-10-8-14-17(18(23)16(10)20(25)27-3)13(9-15(22)21-14)11-4-6-12(7-5-11)19(24)26-2/h4-7,10,13,16H,8-9H2,1-3H3,(H,21,22)/t10-,13-,16-/m0/s1. The van der Waals surface area contributed by atoms with Gasteiger partial charge in [-0.1, -0.05) is 19.1 Å². The van der Waals surface area contributed by atoms with Crippen molar-refractivity contribution in [2.75, 3.05) is 14.2 Å². The lowest BCUT2D eigenvalue weighted by molar-refractivity contribution is -0.151. The van der Waals surface area contributed by atoms with Gasteiger partial charge in [-0.05, 0) is 30.0 Å². The van der Waals surface area contributed by atoms with Crippen molar-refractivity contribution in [3.8, 4) is 0 Å². The van der Waals surface area contributed by atoms with Crippen LogP contribution in [0.4, 0.5) is 0 Å². The van der Waals surface area contributed by atoms with Gasteiger partial charge >= 0.3 is 11.9 Å². The Hall–Kier alpha value is -2.96. The molecule has 3 atom stereocenters. The molecule has 27 heavy (non-hydrogen) atoms. The van der Waals surface area contributed by atoms with Gasteiger partial charge in [0.15, 0.2) is 5.78 Å². The number of esters is 2. The zero-order valence-corrected chi connectivity index (χ0v) is 15.4. The van der Waals surface area contributed by atoms with Crippen molar-refractivity contribution in [1.29, 1.82) is 0 Å². The number of rotatable bonds is 3. The van der Waals surface area contributed by atoms with Crippen molar-refractivity contribution in [2.45, 2.75) is 25.7 Å². The van der Waals surface area contributed by atoms with Gasteiger partial charge in [-0.3, -0.25) is 14.4 Å². The number of carbonyl (C=O) groups excluding carboxylic acids is 4. The van der Waals surface area contributed by atoms with Crippen molar-refractivity contribution in [1.82, 2.24) is 5.32 Å². The lowest BCUT2D eigenvalue weighted by Gasteiger charge is -2.36. The largest absolute Gasteiger partial charge is 0.468 e. The maximum absolute atomic E-state index is 13.1. The molecule has 0 saturated carbocycles. The zero-order valence-electron chi connectivity index (χ0n) is 15.4. The average Bonchev–Trinajstić information content (AvgIpc) is 2.66. The Morgan fingerprint density at radius 2 is 1.70 bits per heavy atom. The molecule has 7 heteroatoms. The topological polar surface area (TPSA) is 98.8 Å². The summed E-state index contributed by atoms with van der Waals surface area (Å²) in [5.41, 5.74) is 2.14. The number of ketones is 1. The summed E-state index contributed by atoms with van der Waals surface area (Å²) in [5.74, 6) is -3.10. The lowest BCUT2D eigenvalue weighted by Crippen LogP contribution is -2.44. The first kappa shape index (κ1) is 18.8. The van der Waals surface area contributed by atoms with Crippen molar-refractivity contribution >= 4 is 23.6 Å². The Balaban J connectivity index is 2.01. The minimum atomic E-state index is -0.874. The summed E-state index contributed by atoms with van der Waals surface area (Å²) < 4.78 is 9.49. The van der Waals surface area contributed by atoms with Crippen molar-refractivity contribution in [3.05, 3.63) is 46.7 Å². The maximum atomic E-state index is 13.1. The maximum Gasteiger partial charge on any atom is 0.337 e. The molecule has 2 aliphatic rings. The van der Waals surface area contributed by atoms with Gasteiger partial charge in [-0.25, -0.2) is 4.79 Å². The quantitative estimate of drug-likeness (QED) is 0.642. The summed E-state index contributed by atoms with van der Waals surface area (Å²) in [6.45, 7) is 1.80. The molecule has 1 N–H and O–H groups in total. The Kier molecular flexibility index (Phi) is 5.12. The second-order valence-electron chi connectivity index (χ2n) is 6.86. The molecule has 0 bridgehead atoms. The van der Waals surface area contributed by atoms with E-state index in [9.17, 15) is 19.2 Å². The molecule has 0 radical (unpaired) electrons. The third-order valence-electron chi connectivity index (χ3n) is 5.19. The number of allylic oxidation sites excluding steroid dienone is 2. The molecule has 0 fully saturated rings. The fourth-order valence-electron chi connectivity index (χ4n) is 3.85. The van der Waals surface area contributed by atoms with Crippen LogP contribution in [0.3, 0.4) is 0 Å². The van der Waals surface area contributed by atoms with Crippen LogP contribution in [-0.2, 0) is 23.9 Å². The minimum absolute atomic E-state index is 0.102. The molecular weight excluding hydrogens is 350 g/mol. The Labute approximate surface area is 156 Å². The highest BCUT2D eigenvalue weighted by molar-refractivity contribution is 6.11. The van der Waals surface area contributed by atoms with Crippen LogP contribution in [0.2, 0.25) is 0 Å². The monoisotopic (exact) mass is 371 g/mol. The smallest absolute Gasteiger partial charge is 0.337 e. The van der Waals surface area contributed by atoms with Crippen LogP contribution in [0.25, 0.3) is 0 Å². The van der Waals surface area contributed by atoms with Gasteiger partial charge in [-0.15, -0.1) is 0 Å². The highest BCUT2D eigenvalue weighted by atomic mass is 16.5. The average molecular weight is 371 g/mol. The molecule has 0 saturated heterocycles. The summed E-state index contributed by atoms with van der Waals surface area (Å²) in [4.78, 5) is 49.0. The van der Waals surface area contributed by atoms with E-state index in [0.29, 0.717) is 23.3 Å². The highest BCUT2D eigenvalue weighted by Crippen LogP contribution is 2.42. The van der Waals surface area contributed by atoms with Gasteiger partial charge < -0.3 is 14.8 Å². The molecule has 1 aromatic carbocycles. The van der Waals surface area contributed by atoms with E-state index in [1.165, 1.54) is 14.2 Å². The van der Waals surface area contributed by atoms with E-state index in [1.54, 1.807) is 31.2 Å². The molecule has 0 unspecified atom stereocenters. The highest BCUT2D eigenvalue weighted by Gasteiger charge is 2.45. The van der Waals surface area contributed by atoms with E-state index in [-0.39, 0.29) is 24.0 Å². The Morgan fingerprint density at radius 1 is 1.04 bits per heavy atom. The second kappa shape index (κ2) is 7.34. The third kappa shape index (κ3) is 3.37. The van der Waals surface area contributed by atoms with E-state index >= 15 is 0 Å². The van der Waals surface area contributed by atoms with E-state index in [2.05, 4.69) is 10.1 Å². The summed E-state index contributed by atoms with van der Waals surface area (Å²) in [6, 6.07) is 6.61. The number of Topliss-reactive ketones (excluding diaryl/α,β-unsaturated/α-hetero) is 1. The van der Waals surface area contributed by atoms with Crippen LogP contribution in [0, 0.1) is 11.8 Å². The van der Waals surface area contributed by atoms with Crippen LogP contribution in [0.15, 0.2) is 35.5 Å². The number of nitrogens with one attached hydrogen (secondary N) is 1. The minimum Gasteiger partial charge on any atom is -0.468 e. The first-order chi connectivity index (χ1) is 12.9. The van der Waals surface area contributed by atoms with Gasteiger partial charge in [0, 0.05) is 23.6 Å². The molecule has 142 valence electrons. The van der Waals surface area contributed by atoms with E-state index in [0.717, 1.165) is 5.56 Å². The zero-order chi connectivity index (χ0) is 19.7. The summed E-state index contributed by atoms with van der Waals surface area (Å²) in [5, 5.41) is 2.79. The van der Waals surface area contributed by atoms with E-state index in [4.69, 9.17) is 4.74 Å². The summed E-state index contributed by atoms with van der Waals surface area (Å²) in [6.07, 6.45) is 0.522. The number of hydrogen-bond acceptors (Lipinski definition) is 6. The van der Waals surface area contributed by atoms with Crippen LogP contribution in [-0.4, -0.2) is 37.8 Å². The van der Waals surface area contributed by atoms with E-state index < -0.39 is 23.8 Å². The molecule has 1 aliphatic carbocycles. The summed E-state index contributed by atoms with van der Waals surface area (Å²) >= 11 is 0. The molecule has 7 nitrogen and oxygen atoms in total. The van der Waals surface area contributed by atoms with Gasteiger partial charge in [0.25, 0.3) is 0 Å². The Bertz CT molecular complexity index is 839. The molecule has 1 heterocycles. The molecule has 0 aromatic heterocycles. The first-order valence-corrected chi connectivity index (χ1v) is 8.70. The molecular formula is C20H21NO6. The fraction of sp³-hybridized carbons (Fsp3) is 0.400. The van der Waals surface area contributed by atoms with Crippen molar-refractivity contribution in [3.63, 3.8) is 0 Å². The molecule has 0 spiro atoms. The van der Waals surface area contributed by atoms with Crippen LogP contribution < -0.4 is 5.32 Å².